The van der Waals surface area contributed by atoms with Gasteiger partial charge in [0, 0.05) is 44.1 Å². The molecule has 0 aliphatic carbocycles. The van der Waals surface area contributed by atoms with Gasteiger partial charge in [-0.25, -0.2) is 13.2 Å². The lowest BCUT2D eigenvalue weighted by Crippen LogP contribution is -2.51. The van der Waals surface area contributed by atoms with Gasteiger partial charge in [-0.05, 0) is 54.8 Å². The normalized spacial score (nSPS) is 16.7. The number of anilines is 2. The van der Waals surface area contributed by atoms with E-state index in [-0.39, 0.29) is 0 Å². The van der Waals surface area contributed by atoms with Crippen molar-refractivity contribution in [2.75, 3.05) is 55.4 Å². The molecule has 0 aromatic heterocycles. The summed E-state index contributed by atoms with van der Waals surface area (Å²) in [5, 5.41) is 0. The molecule has 0 radical (unpaired) electrons. The van der Waals surface area contributed by atoms with Gasteiger partial charge in [-0.3, -0.25) is 4.79 Å². The first-order chi connectivity index (χ1) is 15.3. The van der Waals surface area contributed by atoms with E-state index < -0.39 is 27.7 Å². The predicted octanol–water partition coefficient (Wildman–Crippen LogP) is 1.82. The number of carbonyl (C=O) groups excluding carboxylic acids is 2. The molecule has 0 unspecified atom stereocenters. The van der Waals surface area contributed by atoms with Gasteiger partial charge in [0.2, 0.25) is 15.9 Å². The minimum absolute atomic E-state index is 0.350. The highest BCUT2D eigenvalue weighted by Crippen LogP contribution is 2.29. The molecule has 0 N–H and O–H groups in total. The molecule has 170 valence electrons. The maximum Gasteiger partial charge on any atom is 0.337 e. The Morgan fingerprint density at radius 3 is 2.44 bits per heavy atom. The van der Waals surface area contributed by atoms with Gasteiger partial charge in [0.25, 0.3) is 0 Å². The molecule has 0 spiro atoms. The van der Waals surface area contributed by atoms with Gasteiger partial charge in [0.15, 0.2) is 0 Å². The van der Waals surface area contributed by atoms with Crippen LogP contribution in [0.2, 0.25) is 0 Å². The van der Waals surface area contributed by atoms with Crippen molar-refractivity contribution in [2.45, 2.75) is 13.3 Å². The molecule has 2 aliphatic heterocycles. The van der Waals surface area contributed by atoms with Crippen molar-refractivity contribution in [2.24, 2.45) is 0 Å². The van der Waals surface area contributed by atoms with Crippen LogP contribution < -0.4 is 9.80 Å². The van der Waals surface area contributed by atoms with E-state index in [2.05, 4.69) is 11.0 Å². The zero-order valence-electron chi connectivity index (χ0n) is 18.3. The third-order valence-corrected chi connectivity index (χ3v) is 7.77. The van der Waals surface area contributed by atoms with Gasteiger partial charge in [-0.2, -0.15) is 4.31 Å². The summed E-state index contributed by atoms with van der Waals surface area (Å²) < 4.78 is 32.0. The Labute approximate surface area is 188 Å². The first-order valence-electron chi connectivity index (χ1n) is 10.6. The number of aryl methyl sites for hydroxylation is 1. The van der Waals surface area contributed by atoms with Crippen molar-refractivity contribution in [3.05, 3.63) is 59.2 Å². The summed E-state index contributed by atoms with van der Waals surface area (Å²) in [6, 6.07) is 13.1. The fourth-order valence-corrected chi connectivity index (χ4v) is 5.65. The Hall–Kier alpha value is -2.91. The van der Waals surface area contributed by atoms with Crippen LogP contribution in [0.4, 0.5) is 11.4 Å². The molecule has 9 heteroatoms. The average molecular weight is 458 g/mol. The highest BCUT2D eigenvalue weighted by molar-refractivity contribution is 7.89. The van der Waals surface area contributed by atoms with Crippen molar-refractivity contribution < 1.29 is 22.7 Å². The third kappa shape index (κ3) is 4.49. The van der Waals surface area contributed by atoms with Gasteiger partial charge < -0.3 is 14.5 Å². The van der Waals surface area contributed by atoms with Crippen molar-refractivity contribution >= 4 is 33.3 Å². The summed E-state index contributed by atoms with van der Waals surface area (Å²) in [5.74, 6) is -1.45. The Bertz CT molecular complexity index is 1140. The number of benzene rings is 2. The lowest BCUT2D eigenvalue weighted by Gasteiger charge is -2.35. The van der Waals surface area contributed by atoms with Crippen LogP contribution >= 0.6 is 0 Å². The number of amides is 1. The average Bonchev–Trinajstić information content (AvgIpc) is 3.22. The summed E-state index contributed by atoms with van der Waals surface area (Å²) in [6.45, 7) is 4.29. The molecule has 32 heavy (non-hydrogen) atoms. The van der Waals surface area contributed by atoms with Crippen LogP contribution in [-0.2, 0) is 26.0 Å². The van der Waals surface area contributed by atoms with Crippen LogP contribution in [0.1, 0.15) is 21.5 Å². The zero-order chi connectivity index (χ0) is 22.9. The zero-order valence-corrected chi connectivity index (χ0v) is 19.1. The fourth-order valence-electron chi connectivity index (χ4n) is 4.28. The molecule has 1 saturated heterocycles. The smallest absolute Gasteiger partial charge is 0.337 e. The van der Waals surface area contributed by atoms with Crippen molar-refractivity contribution in [3.8, 4) is 0 Å². The molecule has 2 aromatic rings. The van der Waals surface area contributed by atoms with Crippen LogP contribution in [0.15, 0.2) is 42.5 Å². The monoisotopic (exact) mass is 457 g/mol. The molecule has 2 aliphatic rings. The highest BCUT2D eigenvalue weighted by atomic mass is 32.2. The summed E-state index contributed by atoms with van der Waals surface area (Å²) >= 11 is 0. The van der Waals surface area contributed by atoms with Crippen molar-refractivity contribution in [3.63, 3.8) is 0 Å². The minimum Gasteiger partial charge on any atom is -0.465 e. The number of piperazine rings is 1. The summed E-state index contributed by atoms with van der Waals surface area (Å²) in [5.41, 5.74) is 4.15. The summed E-state index contributed by atoms with van der Waals surface area (Å²) in [6.07, 6.45) is 0.571. The van der Waals surface area contributed by atoms with E-state index >= 15 is 0 Å². The maximum atomic E-state index is 12.9. The van der Waals surface area contributed by atoms with E-state index in [9.17, 15) is 18.0 Å². The number of carbonyl (C=O) groups is 2. The second kappa shape index (κ2) is 8.91. The second-order valence-corrected chi connectivity index (χ2v) is 10.1. The fraction of sp³-hybridized carbons (Fsp3) is 0.391. The molecule has 2 aromatic carbocycles. The number of hydrogen-bond acceptors (Lipinski definition) is 6. The topological polar surface area (TPSA) is 87.2 Å². The summed E-state index contributed by atoms with van der Waals surface area (Å²) in [4.78, 5) is 28.3. The number of methoxy groups -OCH3 is 1. The number of esters is 1. The van der Waals surface area contributed by atoms with E-state index in [4.69, 9.17) is 4.74 Å². The largest absolute Gasteiger partial charge is 0.465 e. The molecular formula is C23H27N3O5S. The Morgan fingerprint density at radius 1 is 1.00 bits per heavy atom. The first kappa shape index (κ1) is 22.3. The second-order valence-electron chi connectivity index (χ2n) is 8.11. The lowest BCUT2D eigenvalue weighted by atomic mass is 10.1. The van der Waals surface area contributed by atoms with Crippen molar-refractivity contribution in [1.29, 1.82) is 0 Å². The SMILES string of the molecule is COC(=O)c1ccc2c(c1)CCN2C(=O)CS(=O)(=O)N1CCN(c2cccc(C)c2)CC1. The predicted molar refractivity (Wildman–Crippen MR) is 123 cm³/mol. The number of fused-ring (bicyclic) bond motifs is 1. The molecule has 1 fully saturated rings. The van der Waals surface area contributed by atoms with E-state index in [0.29, 0.717) is 50.4 Å². The number of nitrogens with zero attached hydrogens (tertiary/aromatic N) is 3. The molecule has 0 bridgehead atoms. The van der Waals surface area contributed by atoms with E-state index in [1.165, 1.54) is 16.3 Å². The highest BCUT2D eigenvalue weighted by Gasteiger charge is 2.33. The van der Waals surface area contributed by atoms with Crippen LogP contribution in [0.3, 0.4) is 0 Å². The van der Waals surface area contributed by atoms with Crippen LogP contribution in [-0.4, -0.2) is 70.2 Å². The molecule has 0 saturated carbocycles. The standard InChI is InChI=1S/C23H27N3O5S/c1-17-4-3-5-20(14-17)24-10-12-25(13-11-24)32(29,30)16-22(27)26-9-8-18-15-19(23(28)31-2)6-7-21(18)26/h3-7,14-15H,8-13,16H2,1-2H3. The quantitative estimate of drug-likeness (QED) is 0.637. The Morgan fingerprint density at radius 2 is 1.75 bits per heavy atom. The van der Waals surface area contributed by atoms with Gasteiger partial charge in [0.1, 0.15) is 5.75 Å². The Balaban J connectivity index is 1.39. The molecular weight excluding hydrogens is 430 g/mol. The van der Waals surface area contributed by atoms with Crippen LogP contribution in [0, 0.1) is 6.92 Å². The number of sulfonamides is 1. The van der Waals surface area contributed by atoms with Gasteiger partial charge in [-0.1, -0.05) is 12.1 Å². The minimum atomic E-state index is -3.72. The van der Waals surface area contributed by atoms with Crippen LogP contribution in [0.5, 0.6) is 0 Å². The summed E-state index contributed by atoms with van der Waals surface area (Å²) in [7, 11) is -2.40. The molecule has 8 nitrogen and oxygen atoms in total. The number of rotatable bonds is 5. The van der Waals surface area contributed by atoms with E-state index in [1.807, 2.05) is 25.1 Å². The number of ether oxygens (including phenoxy) is 1. The Kier molecular flexibility index (Phi) is 6.21. The lowest BCUT2D eigenvalue weighted by molar-refractivity contribution is -0.116. The molecule has 2 heterocycles. The van der Waals surface area contributed by atoms with Gasteiger partial charge >= 0.3 is 5.97 Å². The van der Waals surface area contributed by atoms with Gasteiger partial charge in [0.05, 0.1) is 12.7 Å². The molecule has 1 amide bonds. The maximum absolute atomic E-state index is 12.9. The molecule has 4 rings (SSSR count). The van der Waals surface area contributed by atoms with E-state index in [1.54, 1.807) is 18.2 Å². The third-order valence-electron chi connectivity index (χ3n) is 6.00. The van der Waals surface area contributed by atoms with Gasteiger partial charge in [-0.15, -0.1) is 0 Å². The first-order valence-corrected chi connectivity index (χ1v) is 12.2. The molecule has 0 atom stereocenters. The van der Waals surface area contributed by atoms with Crippen LogP contribution in [0.25, 0.3) is 0 Å². The number of hydrogen-bond donors (Lipinski definition) is 0. The van der Waals surface area contributed by atoms with E-state index in [0.717, 1.165) is 16.8 Å². The van der Waals surface area contributed by atoms with Crippen molar-refractivity contribution in [1.82, 2.24) is 4.31 Å².